The molecule has 3 aromatic rings. The van der Waals surface area contributed by atoms with Gasteiger partial charge >= 0.3 is 0 Å². The highest BCUT2D eigenvalue weighted by Crippen LogP contribution is 2.28. The van der Waals surface area contributed by atoms with Crippen LogP contribution in [0, 0.1) is 5.92 Å². The minimum Gasteiger partial charge on any atom is -0.494 e. The molecule has 1 atom stereocenters. The number of hydrogen-bond acceptors (Lipinski definition) is 4. The van der Waals surface area contributed by atoms with Crippen LogP contribution in [0.2, 0.25) is 0 Å². The third-order valence-corrected chi connectivity index (χ3v) is 8.24. The maximum Gasteiger partial charge on any atom is 0.206 e. The number of fused-ring (bicyclic) bond motifs is 2. The van der Waals surface area contributed by atoms with E-state index in [9.17, 15) is 4.21 Å². The molecule has 2 aromatic carbocycles. The van der Waals surface area contributed by atoms with Crippen LogP contribution in [-0.4, -0.2) is 50.6 Å². The van der Waals surface area contributed by atoms with Gasteiger partial charge in [0.05, 0.1) is 28.6 Å². The Morgan fingerprint density at radius 2 is 1.91 bits per heavy atom. The van der Waals surface area contributed by atoms with Gasteiger partial charge in [-0.3, -0.25) is 0 Å². The minimum atomic E-state index is -0.898. The van der Waals surface area contributed by atoms with Crippen LogP contribution in [0.1, 0.15) is 36.8 Å². The minimum absolute atomic E-state index is 0.768. The van der Waals surface area contributed by atoms with Gasteiger partial charge in [-0.05, 0) is 73.4 Å². The van der Waals surface area contributed by atoms with Crippen LogP contribution >= 0.6 is 0 Å². The van der Waals surface area contributed by atoms with Gasteiger partial charge in [-0.25, -0.2) is 13.5 Å². The SMILES string of the molecule is Cn1c(N2CCC(CCCOc3ccc4c(c3)CCN(S(C)=O)C4)CC2)nc2ccccc21. The van der Waals surface area contributed by atoms with E-state index in [1.54, 1.807) is 6.26 Å². The second-order valence-corrected chi connectivity index (χ2v) is 10.7. The van der Waals surface area contributed by atoms with Crippen LogP contribution in [0.4, 0.5) is 5.95 Å². The molecular formula is C26H34N4O2S. The van der Waals surface area contributed by atoms with Crippen molar-refractivity contribution in [1.82, 2.24) is 13.9 Å². The Balaban J connectivity index is 1.06. The fourth-order valence-corrected chi connectivity index (χ4v) is 5.88. The summed E-state index contributed by atoms with van der Waals surface area (Å²) >= 11 is 0. The van der Waals surface area contributed by atoms with Gasteiger partial charge in [0.1, 0.15) is 5.75 Å². The Morgan fingerprint density at radius 1 is 1.09 bits per heavy atom. The van der Waals surface area contributed by atoms with E-state index >= 15 is 0 Å². The molecule has 1 saturated heterocycles. The fraction of sp³-hybridized carbons (Fsp3) is 0.500. The first-order chi connectivity index (χ1) is 16.1. The number of benzene rings is 2. The van der Waals surface area contributed by atoms with Crippen molar-refractivity contribution in [1.29, 1.82) is 0 Å². The first-order valence-corrected chi connectivity index (χ1v) is 13.6. The highest BCUT2D eigenvalue weighted by molar-refractivity contribution is 7.81. The summed E-state index contributed by atoms with van der Waals surface area (Å²) in [4.78, 5) is 7.30. The monoisotopic (exact) mass is 466 g/mol. The number of nitrogens with zero attached hydrogens (tertiary/aromatic N) is 4. The van der Waals surface area contributed by atoms with E-state index in [2.05, 4.69) is 59.0 Å². The van der Waals surface area contributed by atoms with Gasteiger partial charge in [0.25, 0.3) is 0 Å². The largest absolute Gasteiger partial charge is 0.494 e. The van der Waals surface area contributed by atoms with E-state index in [0.717, 1.165) is 68.8 Å². The van der Waals surface area contributed by atoms with Crippen molar-refractivity contribution in [3.63, 3.8) is 0 Å². The van der Waals surface area contributed by atoms with Crippen LogP contribution in [0.15, 0.2) is 42.5 Å². The molecule has 0 aliphatic carbocycles. The van der Waals surface area contributed by atoms with Gasteiger partial charge in [0.15, 0.2) is 0 Å². The van der Waals surface area contributed by atoms with Gasteiger partial charge < -0.3 is 14.2 Å². The quantitative estimate of drug-likeness (QED) is 0.487. The van der Waals surface area contributed by atoms with Gasteiger partial charge in [-0.2, -0.15) is 0 Å². The Bertz CT molecular complexity index is 1140. The Hall–Kier alpha value is -2.38. The van der Waals surface area contributed by atoms with E-state index in [1.165, 1.54) is 35.9 Å². The second-order valence-electron chi connectivity index (χ2n) is 9.35. The molecule has 7 heteroatoms. The summed E-state index contributed by atoms with van der Waals surface area (Å²) in [5.74, 6) is 2.83. The summed E-state index contributed by atoms with van der Waals surface area (Å²) in [5, 5.41) is 0. The van der Waals surface area contributed by atoms with Crippen molar-refractivity contribution in [2.45, 2.75) is 38.6 Å². The highest BCUT2D eigenvalue weighted by atomic mass is 32.2. The lowest BCUT2D eigenvalue weighted by Crippen LogP contribution is -2.35. The third-order valence-electron chi connectivity index (χ3n) is 7.20. The van der Waals surface area contributed by atoms with E-state index in [1.807, 2.05) is 4.31 Å². The fourth-order valence-electron chi connectivity index (χ4n) is 5.21. The van der Waals surface area contributed by atoms with Crippen LogP contribution in [-0.2, 0) is 31.0 Å². The average molecular weight is 467 g/mol. The van der Waals surface area contributed by atoms with Gasteiger partial charge in [0, 0.05) is 39.5 Å². The summed E-state index contributed by atoms with van der Waals surface area (Å²) in [6, 6.07) is 14.8. The van der Waals surface area contributed by atoms with Crippen molar-refractivity contribution in [3.05, 3.63) is 53.6 Å². The zero-order valence-corrected chi connectivity index (χ0v) is 20.5. The predicted octanol–water partition coefficient (Wildman–Crippen LogP) is 4.30. The average Bonchev–Trinajstić information content (AvgIpc) is 3.18. The summed E-state index contributed by atoms with van der Waals surface area (Å²) in [6.45, 7) is 4.55. The molecule has 2 aliphatic heterocycles. The molecule has 2 aliphatic rings. The Labute approximate surface area is 199 Å². The number of aromatic nitrogens is 2. The lowest BCUT2D eigenvalue weighted by molar-refractivity contribution is 0.278. The van der Waals surface area contributed by atoms with Crippen LogP contribution in [0.5, 0.6) is 5.75 Å². The van der Waals surface area contributed by atoms with Crippen molar-refractivity contribution in [3.8, 4) is 5.75 Å². The number of piperidine rings is 1. The first-order valence-electron chi connectivity index (χ1n) is 12.1. The molecule has 0 spiro atoms. The Morgan fingerprint density at radius 3 is 2.70 bits per heavy atom. The maximum absolute atomic E-state index is 11.7. The molecule has 1 unspecified atom stereocenters. The molecule has 0 bridgehead atoms. The van der Waals surface area contributed by atoms with Gasteiger partial charge in [-0.1, -0.05) is 18.2 Å². The summed E-state index contributed by atoms with van der Waals surface area (Å²) in [7, 11) is 1.22. The lowest BCUT2D eigenvalue weighted by Gasteiger charge is -2.32. The van der Waals surface area contributed by atoms with E-state index in [0.29, 0.717) is 0 Å². The molecule has 1 aromatic heterocycles. The molecular weight excluding hydrogens is 432 g/mol. The molecule has 176 valence electrons. The van der Waals surface area contributed by atoms with Crippen LogP contribution < -0.4 is 9.64 Å². The molecule has 0 N–H and O–H groups in total. The lowest BCUT2D eigenvalue weighted by atomic mass is 9.92. The molecule has 5 rings (SSSR count). The zero-order valence-electron chi connectivity index (χ0n) is 19.7. The maximum atomic E-state index is 11.7. The van der Waals surface area contributed by atoms with E-state index in [4.69, 9.17) is 9.72 Å². The van der Waals surface area contributed by atoms with Crippen molar-refractivity contribution in [2.24, 2.45) is 13.0 Å². The molecule has 33 heavy (non-hydrogen) atoms. The normalized spacial score (nSPS) is 18.4. The number of aryl methyl sites for hydroxylation is 1. The van der Waals surface area contributed by atoms with Crippen LogP contribution in [0.25, 0.3) is 11.0 Å². The number of rotatable bonds is 7. The number of ether oxygens (including phenoxy) is 1. The van der Waals surface area contributed by atoms with Gasteiger partial charge in [-0.15, -0.1) is 0 Å². The van der Waals surface area contributed by atoms with E-state index in [-0.39, 0.29) is 0 Å². The number of imidazole rings is 1. The predicted molar refractivity (Wildman–Crippen MR) is 135 cm³/mol. The molecule has 3 heterocycles. The summed E-state index contributed by atoms with van der Waals surface area (Å²) < 4.78 is 22.0. The number of anilines is 1. The second kappa shape index (κ2) is 9.85. The topological polar surface area (TPSA) is 50.6 Å². The van der Waals surface area contributed by atoms with Crippen molar-refractivity contribution >= 4 is 28.0 Å². The Kier molecular flexibility index (Phi) is 6.69. The van der Waals surface area contributed by atoms with Crippen molar-refractivity contribution in [2.75, 3.05) is 37.4 Å². The summed E-state index contributed by atoms with van der Waals surface area (Å²) in [5.41, 5.74) is 4.89. The van der Waals surface area contributed by atoms with Crippen molar-refractivity contribution < 1.29 is 8.95 Å². The highest BCUT2D eigenvalue weighted by Gasteiger charge is 2.23. The summed E-state index contributed by atoms with van der Waals surface area (Å²) in [6.07, 6.45) is 7.45. The first kappa shape index (κ1) is 22.4. The zero-order chi connectivity index (χ0) is 22.8. The van der Waals surface area contributed by atoms with E-state index < -0.39 is 11.0 Å². The number of hydrogen-bond donors (Lipinski definition) is 0. The molecule has 0 radical (unpaired) electrons. The van der Waals surface area contributed by atoms with Gasteiger partial charge in [0.2, 0.25) is 5.95 Å². The molecule has 1 fully saturated rings. The number of para-hydroxylation sites is 2. The smallest absolute Gasteiger partial charge is 0.206 e. The standard InChI is InChI=1S/C26H34N4O2S/c1-28-25-8-4-3-7-24(25)27-26(28)29-14-11-20(12-15-29)6-5-17-32-23-10-9-22-19-30(33(2)31)16-13-21(22)18-23/h3-4,7-10,18,20H,5-6,11-17,19H2,1-2H3. The molecule has 0 amide bonds. The third kappa shape index (κ3) is 4.94. The molecule has 0 saturated carbocycles. The van der Waals surface area contributed by atoms with Crippen LogP contribution in [0.3, 0.4) is 0 Å². The molecule has 6 nitrogen and oxygen atoms in total.